The van der Waals surface area contributed by atoms with Crippen LogP contribution in [0.25, 0.3) is 10.9 Å². The van der Waals surface area contributed by atoms with Crippen LogP contribution in [0, 0.1) is 0 Å². The first-order valence-corrected chi connectivity index (χ1v) is 6.73. The summed E-state index contributed by atoms with van der Waals surface area (Å²) in [6, 6.07) is 8.02. The summed E-state index contributed by atoms with van der Waals surface area (Å²) in [4.78, 5) is 6.90. The van der Waals surface area contributed by atoms with E-state index in [2.05, 4.69) is 21.3 Å². The molecular formula is C14H16ClN3. The molecule has 0 bridgehead atoms. The monoisotopic (exact) mass is 261 g/mol. The Morgan fingerprint density at radius 3 is 3.06 bits per heavy atom. The second kappa shape index (κ2) is 5.12. The summed E-state index contributed by atoms with van der Waals surface area (Å²) in [5.74, 6) is 0. The molecule has 0 saturated carbocycles. The van der Waals surface area contributed by atoms with E-state index in [0.717, 1.165) is 48.5 Å². The molecule has 0 radical (unpaired) electrons. The second-order valence-electron chi connectivity index (χ2n) is 4.56. The SMILES string of the molecule is Clc1ccc(N2CCCNCC2)c2ncccc12. The van der Waals surface area contributed by atoms with Gasteiger partial charge in [0.1, 0.15) is 0 Å². The van der Waals surface area contributed by atoms with Gasteiger partial charge in [0.25, 0.3) is 0 Å². The van der Waals surface area contributed by atoms with Crippen LogP contribution >= 0.6 is 11.6 Å². The van der Waals surface area contributed by atoms with Crippen molar-refractivity contribution in [2.45, 2.75) is 6.42 Å². The van der Waals surface area contributed by atoms with E-state index in [-0.39, 0.29) is 0 Å². The van der Waals surface area contributed by atoms with Crippen LogP contribution in [-0.4, -0.2) is 31.2 Å². The van der Waals surface area contributed by atoms with Crippen LogP contribution in [0.15, 0.2) is 30.5 Å². The predicted octanol–water partition coefficient (Wildman–Crippen LogP) is 2.69. The predicted molar refractivity (Wildman–Crippen MR) is 76.5 cm³/mol. The molecule has 1 aromatic carbocycles. The fourth-order valence-corrected chi connectivity index (χ4v) is 2.68. The van der Waals surface area contributed by atoms with Crippen LogP contribution in [0.3, 0.4) is 0 Å². The number of nitrogens with one attached hydrogen (secondary N) is 1. The third kappa shape index (κ3) is 2.16. The molecule has 0 amide bonds. The Labute approximate surface area is 112 Å². The van der Waals surface area contributed by atoms with Crippen LogP contribution in [0.1, 0.15) is 6.42 Å². The summed E-state index contributed by atoms with van der Waals surface area (Å²) in [5, 5.41) is 5.23. The van der Waals surface area contributed by atoms with Gasteiger partial charge in [-0.1, -0.05) is 11.6 Å². The molecule has 0 spiro atoms. The molecule has 94 valence electrons. The van der Waals surface area contributed by atoms with Crippen molar-refractivity contribution < 1.29 is 0 Å². The minimum Gasteiger partial charge on any atom is -0.368 e. The lowest BCUT2D eigenvalue weighted by Gasteiger charge is -2.23. The first-order chi connectivity index (χ1) is 8.86. The molecule has 1 aliphatic rings. The van der Waals surface area contributed by atoms with Gasteiger partial charge in [-0.15, -0.1) is 0 Å². The lowest BCUT2D eigenvalue weighted by Crippen LogP contribution is -2.28. The number of anilines is 1. The molecule has 0 aliphatic carbocycles. The summed E-state index contributed by atoms with van der Waals surface area (Å²) >= 11 is 6.23. The van der Waals surface area contributed by atoms with Gasteiger partial charge in [0.15, 0.2) is 0 Å². The van der Waals surface area contributed by atoms with Gasteiger partial charge < -0.3 is 10.2 Å². The van der Waals surface area contributed by atoms with Crippen molar-refractivity contribution >= 4 is 28.2 Å². The second-order valence-corrected chi connectivity index (χ2v) is 4.96. The van der Waals surface area contributed by atoms with Crippen molar-refractivity contribution in [3.8, 4) is 0 Å². The van der Waals surface area contributed by atoms with Gasteiger partial charge in [0.05, 0.1) is 16.2 Å². The Bertz CT molecular complexity index is 548. The van der Waals surface area contributed by atoms with Gasteiger partial charge in [-0.25, -0.2) is 0 Å². The van der Waals surface area contributed by atoms with Crippen molar-refractivity contribution in [3.05, 3.63) is 35.5 Å². The zero-order chi connectivity index (χ0) is 12.4. The Morgan fingerprint density at radius 2 is 2.11 bits per heavy atom. The maximum absolute atomic E-state index is 6.23. The molecule has 4 heteroatoms. The summed E-state index contributed by atoms with van der Waals surface area (Å²) in [5.41, 5.74) is 2.20. The minimum atomic E-state index is 0.773. The molecule has 1 fully saturated rings. The molecular weight excluding hydrogens is 246 g/mol. The molecule has 3 nitrogen and oxygen atoms in total. The fraction of sp³-hybridized carbons (Fsp3) is 0.357. The van der Waals surface area contributed by atoms with Gasteiger partial charge in [-0.3, -0.25) is 4.98 Å². The van der Waals surface area contributed by atoms with E-state index in [9.17, 15) is 0 Å². The Kier molecular flexibility index (Phi) is 3.35. The van der Waals surface area contributed by atoms with Crippen molar-refractivity contribution in [3.63, 3.8) is 0 Å². The summed E-state index contributed by atoms with van der Waals surface area (Å²) in [7, 11) is 0. The standard InChI is InChI=1S/C14H16ClN3/c15-12-4-5-13(14-11(12)3-1-7-17-14)18-9-2-6-16-8-10-18/h1,3-5,7,16H,2,6,8-10H2. The highest BCUT2D eigenvalue weighted by molar-refractivity contribution is 6.35. The number of hydrogen-bond donors (Lipinski definition) is 1. The van der Waals surface area contributed by atoms with Crippen molar-refractivity contribution in [2.75, 3.05) is 31.1 Å². The van der Waals surface area contributed by atoms with E-state index >= 15 is 0 Å². The van der Waals surface area contributed by atoms with E-state index in [4.69, 9.17) is 11.6 Å². The highest BCUT2D eigenvalue weighted by atomic mass is 35.5. The zero-order valence-corrected chi connectivity index (χ0v) is 11.0. The number of pyridine rings is 1. The van der Waals surface area contributed by atoms with Crippen molar-refractivity contribution in [1.82, 2.24) is 10.3 Å². The van der Waals surface area contributed by atoms with Gasteiger partial charge in [0.2, 0.25) is 0 Å². The molecule has 1 saturated heterocycles. The fourth-order valence-electron chi connectivity index (χ4n) is 2.46. The molecule has 18 heavy (non-hydrogen) atoms. The largest absolute Gasteiger partial charge is 0.368 e. The van der Waals surface area contributed by atoms with Crippen LogP contribution < -0.4 is 10.2 Å². The van der Waals surface area contributed by atoms with Gasteiger partial charge in [-0.2, -0.15) is 0 Å². The molecule has 1 aliphatic heterocycles. The van der Waals surface area contributed by atoms with Gasteiger partial charge in [0, 0.05) is 31.2 Å². The third-order valence-electron chi connectivity index (χ3n) is 3.38. The highest BCUT2D eigenvalue weighted by Gasteiger charge is 2.14. The molecule has 0 unspecified atom stereocenters. The lowest BCUT2D eigenvalue weighted by molar-refractivity contribution is 0.724. The lowest BCUT2D eigenvalue weighted by atomic mass is 10.1. The number of fused-ring (bicyclic) bond motifs is 1. The smallest absolute Gasteiger partial charge is 0.0950 e. The number of halogens is 1. The van der Waals surface area contributed by atoms with Crippen molar-refractivity contribution in [2.24, 2.45) is 0 Å². The van der Waals surface area contributed by atoms with Crippen LogP contribution in [-0.2, 0) is 0 Å². The quantitative estimate of drug-likeness (QED) is 0.856. The molecule has 0 atom stereocenters. The first-order valence-electron chi connectivity index (χ1n) is 6.35. The highest BCUT2D eigenvalue weighted by Crippen LogP contribution is 2.30. The van der Waals surface area contributed by atoms with E-state index in [1.807, 2.05) is 24.4 Å². The van der Waals surface area contributed by atoms with E-state index in [0.29, 0.717) is 0 Å². The first kappa shape index (κ1) is 11.8. The average Bonchev–Trinajstić information content (AvgIpc) is 2.68. The Hall–Kier alpha value is -1.32. The zero-order valence-electron chi connectivity index (χ0n) is 10.2. The van der Waals surface area contributed by atoms with E-state index in [1.165, 1.54) is 5.69 Å². The van der Waals surface area contributed by atoms with E-state index in [1.54, 1.807) is 0 Å². The maximum atomic E-state index is 6.23. The average molecular weight is 262 g/mol. The molecule has 1 aromatic heterocycles. The van der Waals surface area contributed by atoms with Gasteiger partial charge in [-0.05, 0) is 37.2 Å². The normalized spacial score (nSPS) is 16.8. The minimum absolute atomic E-state index is 0.773. The van der Waals surface area contributed by atoms with Crippen LogP contribution in [0.4, 0.5) is 5.69 Å². The van der Waals surface area contributed by atoms with Crippen LogP contribution in [0.5, 0.6) is 0 Å². The molecule has 1 N–H and O–H groups in total. The van der Waals surface area contributed by atoms with Crippen LogP contribution in [0.2, 0.25) is 5.02 Å². The number of benzene rings is 1. The summed E-state index contributed by atoms with van der Waals surface area (Å²) < 4.78 is 0. The molecule has 2 aromatic rings. The number of rotatable bonds is 1. The van der Waals surface area contributed by atoms with E-state index < -0.39 is 0 Å². The number of nitrogens with zero attached hydrogens (tertiary/aromatic N) is 2. The number of aromatic nitrogens is 1. The van der Waals surface area contributed by atoms with Gasteiger partial charge >= 0.3 is 0 Å². The topological polar surface area (TPSA) is 28.2 Å². The third-order valence-corrected chi connectivity index (χ3v) is 3.71. The summed E-state index contributed by atoms with van der Waals surface area (Å²) in [6.45, 7) is 4.21. The summed E-state index contributed by atoms with van der Waals surface area (Å²) in [6.07, 6.45) is 3.00. The van der Waals surface area contributed by atoms with Crippen molar-refractivity contribution in [1.29, 1.82) is 0 Å². The maximum Gasteiger partial charge on any atom is 0.0950 e. The Balaban J connectivity index is 2.08. The Morgan fingerprint density at radius 1 is 1.17 bits per heavy atom. The molecule has 2 heterocycles. The number of hydrogen-bond acceptors (Lipinski definition) is 3. The molecule has 3 rings (SSSR count).